The highest BCUT2D eigenvalue weighted by Crippen LogP contribution is 2.28. The van der Waals surface area contributed by atoms with Crippen molar-refractivity contribution >= 4 is 11.8 Å². The molecule has 2 unspecified atom stereocenters. The zero-order valence-corrected chi connectivity index (χ0v) is 9.23. The van der Waals surface area contributed by atoms with Crippen LogP contribution in [0.1, 0.15) is 26.0 Å². The second-order valence-corrected chi connectivity index (χ2v) is 4.96. The van der Waals surface area contributed by atoms with E-state index in [2.05, 4.69) is 6.92 Å². The molecule has 13 heavy (non-hydrogen) atoms. The van der Waals surface area contributed by atoms with Gasteiger partial charge >= 0.3 is 0 Å². The van der Waals surface area contributed by atoms with E-state index in [1.54, 1.807) is 6.26 Å². The number of thioether (sulfide) groups is 1. The topological polar surface area (TPSA) is 39.2 Å². The molecule has 0 fully saturated rings. The fourth-order valence-electron chi connectivity index (χ4n) is 1.28. The van der Waals surface area contributed by atoms with E-state index in [0.717, 1.165) is 12.2 Å². The van der Waals surface area contributed by atoms with Gasteiger partial charge in [0.2, 0.25) is 0 Å². The summed E-state index contributed by atoms with van der Waals surface area (Å²) in [5.41, 5.74) is 5.72. The monoisotopic (exact) mass is 199 g/mol. The molecule has 1 aromatic rings. The lowest BCUT2D eigenvalue weighted by atomic mass is 10.2. The molecule has 1 heterocycles. The van der Waals surface area contributed by atoms with Crippen molar-refractivity contribution in [1.82, 2.24) is 0 Å². The molecule has 3 heteroatoms. The Morgan fingerprint density at radius 3 is 2.69 bits per heavy atom. The first-order chi connectivity index (χ1) is 6.09. The van der Waals surface area contributed by atoms with E-state index < -0.39 is 0 Å². The van der Waals surface area contributed by atoms with Gasteiger partial charge in [-0.3, -0.25) is 0 Å². The summed E-state index contributed by atoms with van der Waals surface area (Å²) >= 11 is 1.83. The van der Waals surface area contributed by atoms with Crippen molar-refractivity contribution in [3.05, 3.63) is 18.1 Å². The van der Waals surface area contributed by atoms with Crippen LogP contribution in [-0.4, -0.2) is 11.3 Å². The first-order valence-electron chi connectivity index (χ1n) is 4.56. The molecule has 0 saturated heterocycles. The number of rotatable bonds is 4. The highest BCUT2D eigenvalue weighted by Gasteiger charge is 2.09. The summed E-state index contributed by atoms with van der Waals surface area (Å²) in [6.07, 6.45) is 2.77. The smallest absolute Gasteiger partial charge is 0.114 e. The SMILES string of the molecule is Cc1occc1SC(C)CC(C)N. The van der Waals surface area contributed by atoms with Gasteiger partial charge in [0.25, 0.3) is 0 Å². The molecular formula is C10H17NOS. The lowest BCUT2D eigenvalue weighted by Crippen LogP contribution is -2.19. The quantitative estimate of drug-likeness (QED) is 0.758. The second-order valence-electron chi connectivity index (χ2n) is 3.48. The molecular weight excluding hydrogens is 182 g/mol. The first-order valence-corrected chi connectivity index (χ1v) is 5.44. The molecule has 0 spiro atoms. The average Bonchev–Trinajstić information content (AvgIpc) is 2.34. The summed E-state index contributed by atoms with van der Waals surface area (Å²) in [4.78, 5) is 1.23. The van der Waals surface area contributed by atoms with E-state index in [1.807, 2.05) is 31.7 Å². The van der Waals surface area contributed by atoms with E-state index in [9.17, 15) is 0 Å². The van der Waals surface area contributed by atoms with Gasteiger partial charge in [0.1, 0.15) is 5.76 Å². The van der Waals surface area contributed by atoms with Crippen LogP contribution in [-0.2, 0) is 0 Å². The summed E-state index contributed by atoms with van der Waals surface area (Å²) in [5.74, 6) is 1.00. The Kier molecular flexibility index (Phi) is 3.88. The largest absolute Gasteiger partial charge is 0.468 e. The van der Waals surface area contributed by atoms with Crippen molar-refractivity contribution < 1.29 is 4.42 Å². The molecule has 0 saturated carbocycles. The molecule has 2 atom stereocenters. The number of nitrogens with two attached hydrogens (primary N) is 1. The predicted octanol–water partition coefficient (Wildman–Crippen LogP) is 2.81. The molecule has 2 nitrogen and oxygen atoms in total. The first kappa shape index (κ1) is 10.7. The Labute approximate surface area is 83.9 Å². The van der Waals surface area contributed by atoms with Gasteiger partial charge < -0.3 is 10.2 Å². The minimum atomic E-state index is 0.273. The maximum absolute atomic E-state index is 5.72. The summed E-state index contributed by atoms with van der Waals surface area (Å²) < 4.78 is 5.22. The van der Waals surface area contributed by atoms with Crippen molar-refractivity contribution in [2.24, 2.45) is 5.73 Å². The van der Waals surface area contributed by atoms with Crippen molar-refractivity contribution in [3.8, 4) is 0 Å². The summed E-state index contributed by atoms with van der Waals surface area (Å²) in [6, 6.07) is 2.28. The zero-order valence-electron chi connectivity index (χ0n) is 8.41. The number of hydrogen-bond acceptors (Lipinski definition) is 3. The third-order valence-electron chi connectivity index (χ3n) is 1.84. The van der Waals surface area contributed by atoms with E-state index in [4.69, 9.17) is 10.2 Å². The van der Waals surface area contributed by atoms with Crippen LogP contribution in [0.4, 0.5) is 0 Å². The van der Waals surface area contributed by atoms with Crippen LogP contribution in [0.15, 0.2) is 21.6 Å². The van der Waals surface area contributed by atoms with Crippen molar-refractivity contribution in [3.63, 3.8) is 0 Å². The lowest BCUT2D eigenvalue weighted by molar-refractivity contribution is 0.526. The number of furan rings is 1. The Morgan fingerprint density at radius 1 is 1.54 bits per heavy atom. The summed E-state index contributed by atoms with van der Waals surface area (Å²) in [7, 11) is 0. The molecule has 2 N–H and O–H groups in total. The highest BCUT2D eigenvalue weighted by atomic mass is 32.2. The van der Waals surface area contributed by atoms with E-state index >= 15 is 0 Å². The van der Waals surface area contributed by atoms with Crippen LogP contribution in [0.2, 0.25) is 0 Å². The van der Waals surface area contributed by atoms with Gasteiger partial charge in [0.15, 0.2) is 0 Å². The summed E-state index contributed by atoms with van der Waals surface area (Å²) in [6.45, 7) is 6.22. The number of aryl methyl sites for hydroxylation is 1. The Bertz CT molecular complexity index is 257. The van der Waals surface area contributed by atoms with Crippen LogP contribution in [0.5, 0.6) is 0 Å². The van der Waals surface area contributed by atoms with Gasteiger partial charge in [-0.15, -0.1) is 11.8 Å². The average molecular weight is 199 g/mol. The molecule has 0 aliphatic carbocycles. The third-order valence-corrected chi connectivity index (χ3v) is 3.12. The Hall–Kier alpha value is -0.410. The lowest BCUT2D eigenvalue weighted by Gasteiger charge is -2.12. The summed E-state index contributed by atoms with van der Waals surface area (Å²) in [5, 5.41) is 0.552. The third kappa shape index (κ3) is 3.44. The van der Waals surface area contributed by atoms with E-state index in [-0.39, 0.29) is 6.04 Å². The maximum Gasteiger partial charge on any atom is 0.114 e. The van der Waals surface area contributed by atoms with Gasteiger partial charge in [0, 0.05) is 16.2 Å². The molecule has 1 rings (SSSR count). The molecule has 0 aromatic carbocycles. The fourth-order valence-corrected chi connectivity index (χ4v) is 2.47. The van der Waals surface area contributed by atoms with Gasteiger partial charge in [-0.05, 0) is 26.3 Å². The van der Waals surface area contributed by atoms with Crippen LogP contribution >= 0.6 is 11.8 Å². The predicted molar refractivity (Wildman–Crippen MR) is 57.0 cm³/mol. The van der Waals surface area contributed by atoms with Crippen molar-refractivity contribution in [1.29, 1.82) is 0 Å². The molecule has 0 radical (unpaired) electrons. The van der Waals surface area contributed by atoms with Gasteiger partial charge in [-0.2, -0.15) is 0 Å². The van der Waals surface area contributed by atoms with Crippen LogP contribution < -0.4 is 5.73 Å². The Morgan fingerprint density at radius 2 is 2.23 bits per heavy atom. The molecule has 74 valence electrons. The highest BCUT2D eigenvalue weighted by molar-refractivity contribution is 8.00. The minimum Gasteiger partial charge on any atom is -0.468 e. The van der Waals surface area contributed by atoms with Gasteiger partial charge in [0.05, 0.1) is 6.26 Å². The van der Waals surface area contributed by atoms with Crippen LogP contribution in [0, 0.1) is 6.92 Å². The van der Waals surface area contributed by atoms with Gasteiger partial charge in [-0.25, -0.2) is 0 Å². The number of hydrogen-bond donors (Lipinski definition) is 1. The Balaban J connectivity index is 2.45. The van der Waals surface area contributed by atoms with Crippen LogP contribution in [0.25, 0.3) is 0 Å². The van der Waals surface area contributed by atoms with Crippen molar-refractivity contribution in [2.45, 2.75) is 43.4 Å². The molecule has 0 bridgehead atoms. The molecule has 0 aliphatic rings. The second kappa shape index (κ2) is 4.72. The normalized spacial score (nSPS) is 15.7. The fraction of sp³-hybridized carbons (Fsp3) is 0.600. The van der Waals surface area contributed by atoms with Crippen molar-refractivity contribution in [2.75, 3.05) is 0 Å². The molecule has 0 amide bonds. The maximum atomic E-state index is 5.72. The zero-order chi connectivity index (χ0) is 9.84. The van der Waals surface area contributed by atoms with E-state index in [0.29, 0.717) is 5.25 Å². The van der Waals surface area contributed by atoms with E-state index in [1.165, 1.54) is 4.90 Å². The van der Waals surface area contributed by atoms with Gasteiger partial charge in [-0.1, -0.05) is 6.92 Å². The molecule has 1 aromatic heterocycles. The minimum absolute atomic E-state index is 0.273. The van der Waals surface area contributed by atoms with Crippen LogP contribution in [0.3, 0.4) is 0 Å². The molecule has 0 aliphatic heterocycles. The standard InChI is InChI=1S/C10H17NOS/c1-7(11)6-8(2)13-10-4-5-12-9(10)3/h4-5,7-8H,6,11H2,1-3H3.